The summed E-state index contributed by atoms with van der Waals surface area (Å²) < 4.78 is 0. The molecule has 6 heteroatoms. The molecule has 28 heavy (non-hydrogen) atoms. The van der Waals surface area contributed by atoms with Crippen molar-refractivity contribution in [2.75, 3.05) is 6.54 Å². The van der Waals surface area contributed by atoms with Crippen molar-refractivity contribution in [3.63, 3.8) is 0 Å². The first-order valence-electron chi connectivity index (χ1n) is 9.71. The Morgan fingerprint density at radius 2 is 1.46 bits per heavy atom. The summed E-state index contributed by atoms with van der Waals surface area (Å²) in [4.78, 5) is 25.2. The zero-order chi connectivity index (χ0) is 20.2. The molecular weight excluding hydrogens is 352 g/mol. The van der Waals surface area contributed by atoms with Crippen LogP contribution >= 0.6 is 0 Å². The number of benzene rings is 2. The second-order valence-corrected chi connectivity index (χ2v) is 6.85. The monoisotopic (exact) mass is 382 g/mol. The Hall–Kier alpha value is -2.70. The van der Waals surface area contributed by atoms with Crippen LogP contribution < -0.4 is 22.1 Å². The van der Waals surface area contributed by atoms with E-state index < -0.39 is 12.1 Å². The maximum Gasteiger partial charge on any atom is 0.242 e. The zero-order valence-electron chi connectivity index (χ0n) is 16.1. The predicted molar refractivity (Wildman–Crippen MR) is 111 cm³/mol. The molecule has 0 bridgehead atoms. The summed E-state index contributed by atoms with van der Waals surface area (Å²) in [5, 5.41) is 5.71. The average molecular weight is 383 g/mol. The Morgan fingerprint density at radius 3 is 2.07 bits per heavy atom. The molecule has 0 heterocycles. The molecule has 0 saturated heterocycles. The van der Waals surface area contributed by atoms with E-state index in [1.54, 1.807) is 0 Å². The lowest BCUT2D eigenvalue weighted by molar-refractivity contribution is -0.129. The SMILES string of the molecule is NCCCC[C@H](NC(=O)[C@@H](N)Cc1ccccc1)C(=O)NCc1ccccc1. The minimum atomic E-state index is -0.707. The fraction of sp³-hybridized carbons (Fsp3) is 0.364. The number of carbonyl (C=O) groups is 2. The lowest BCUT2D eigenvalue weighted by Gasteiger charge is -2.21. The number of nitrogens with two attached hydrogens (primary N) is 2. The van der Waals surface area contributed by atoms with E-state index in [2.05, 4.69) is 10.6 Å². The molecule has 2 rings (SSSR count). The van der Waals surface area contributed by atoms with Crippen LogP contribution in [0, 0.1) is 0 Å². The fourth-order valence-corrected chi connectivity index (χ4v) is 2.91. The molecular formula is C22H30N4O2. The smallest absolute Gasteiger partial charge is 0.242 e. The minimum Gasteiger partial charge on any atom is -0.350 e. The predicted octanol–water partition coefficient (Wildman–Crippen LogP) is 1.49. The molecule has 150 valence electrons. The van der Waals surface area contributed by atoms with Crippen LogP contribution in [0.15, 0.2) is 60.7 Å². The van der Waals surface area contributed by atoms with Gasteiger partial charge >= 0.3 is 0 Å². The third-order valence-electron chi connectivity index (χ3n) is 4.52. The van der Waals surface area contributed by atoms with Gasteiger partial charge in [0.05, 0.1) is 6.04 Å². The number of carbonyl (C=O) groups excluding carboxylic acids is 2. The Kier molecular flexibility index (Phi) is 9.18. The lowest BCUT2D eigenvalue weighted by Crippen LogP contribution is -2.52. The van der Waals surface area contributed by atoms with E-state index in [9.17, 15) is 9.59 Å². The third kappa shape index (κ3) is 7.50. The largest absolute Gasteiger partial charge is 0.350 e. The van der Waals surface area contributed by atoms with E-state index >= 15 is 0 Å². The van der Waals surface area contributed by atoms with Crippen LogP contribution in [0.3, 0.4) is 0 Å². The van der Waals surface area contributed by atoms with Crippen molar-refractivity contribution in [2.24, 2.45) is 11.5 Å². The Bertz CT molecular complexity index is 722. The second kappa shape index (κ2) is 11.9. The highest BCUT2D eigenvalue weighted by Crippen LogP contribution is 2.05. The zero-order valence-corrected chi connectivity index (χ0v) is 16.1. The van der Waals surface area contributed by atoms with E-state index in [4.69, 9.17) is 11.5 Å². The van der Waals surface area contributed by atoms with Gasteiger partial charge in [0.2, 0.25) is 11.8 Å². The van der Waals surface area contributed by atoms with Crippen LogP contribution in [-0.4, -0.2) is 30.4 Å². The van der Waals surface area contributed by atoms with Crippen molar-refractivity contribution in [3.8, 4) is 0 Å². The number of rotatable bonds is 11. The minimum absolute atomic E-state index is 0.207. The molecule has 0 aliphatic carbocycles. The highest BCUT2D eigenvalue weighted by Gasteiger charge is 2.23. The number of hydrogen-bond acceptors (Lipinski definition) is 4. The van der Waals surface area contributed by atoms with Crippen molar-refractivity contribution in [2.45, 2.75) is 44.3 Å². The molecule has 6 nitrogen and oxygen atoms in total. The van der Waals surface area contributed by atoms with Crippen molar-refractivity contribution in [1.29, 1.82) is 0 Å². The number of hydrogen-bond donors (Lipinski definition) is 4. The number of amides is 2. The molecule has 0 spiro atoms. The standard InChI is InChI=1S/C22H30N4O2/c23-14-8-7-13-20(22(28)25-16-18-11-5-2-6-12-18)26-21(27)19(24)15-17-9-3-1-4-10-17/h1-6,9-12,19-20H,7-8,13-16,23-24H2,(H,25,28)(H,26,27)/t19-,20-/m0/s1. The van der Waals surface area contributed by atoms with Gasteiger partial charge in [-0.25, -0.2) is 0 Å². The van der Waals surface area contributed by atoms with Crippen molar-refractivity contribution >= 4 is 11.8 Å². The molecule has 0 aliphatic rings. The maximum absolute atomic E-state index is 12.6. The highest BCUT2D eigenvalue weighted by molar-refractivity contribution is 5.89. The Morgan fingerprint density at radius 1 is 0.857 bits per heavy atom. The van der Waals surface area contributed by atoms with Gasteiger partial charge in [0.15, 0.2) is 0 Å². The van der Waals surface area contributed by atoms with Gasteiger partial charge in [-0.2, -0.15) is 0 Å². The van der Waals surface area contributed by atoms with Gasteiger partial charge in [0, 0.05) is 6.54 Å². The van der Waals surface area contributed by atoms with Crippen LogP contribution in [-0.2, 0) is 22.6 Å². The van der Waals surface area contributed by atoms with Gasteiger partial charge in [-0.3, -0.25) is 9.59 Å². The van der Waals surface area contributed by atoms with Crippen molar-refractivity contribution in [3.05, 3.63) is 71.8 Å². The average Bonchev–Trinajstić information content (AvgIpc) is 2.72. The summed E-state index contributed by atoms with van der Waals surface area (Å²) in [6.07, 6.45) is 2.51. The highest BCUT2D eigenvalue weighted by atomic mass is 16.2. The maximum atomic E-state index is 12.6. The van der Waals surface area contributed by atoms with Gasteiger partial charge in [-0.15, -0.1) is 0 Å². The summed E-state index contributed by atoms with van der Waals surface area (Å²) in [6, 6.07) is 17.9. The van der Waals surface area contributed by atoms with E-state index in [-0.39, 0.29) is 11.8 Å². The van der Waals surface area contributed by atoms with Crippen molar-refractivity contribution in [1.82, 2.24) is 10.6 Å². The first-order valence-corrected chi connectivity index (χ1v) is 9.71. The number of nitrogens with one attached hydrogen (secondary N) is 2. The molecule has 2 atom stereocenters. The quantitative estimate of drug-likeness (QED) is 0.441. The first kappa shape index (κ1) is 21.6. The topological polar surface area (TPSA) is 110 Å². The van der Waals surface area contributed by atoms with Gasteiger partial charge in [0.1, 0.15) is 6.04 Å². The third-order valence-corrected chi connectivity index (χ3v) is 4.52. The van der Waals surface area contributed by atoms with E-state index in [1.807, 2.05) is 60.7 Å². The molecule has 0 aromatic heterocycles. The molecule has 0 radical (unpaired) electrons. The van der Waals surface area contributed by atoms with Crippen LogP contribution in [0.5, 0.6) is 0 Å². The second-order valence-electron chi connectivity index (χ2n) is 6.85. The Labute approximate surface area is 166 Å². The van der Waals surface area contributed by atoms with E-state index in [0.717, 1.165) is 24.0 Å². The van der Waals surface area contributed by atoms with Crippen molar-refractivity contribution < 1.29 is 9.59 Å². The van der Waals surface area contributed by atoms with Gasteiger partial charge in [-0.1, -0.05) is 60.7 Å². The first-order chi connectivity index (χ1) is 13.6. The molecule has 0 aliphatic heterocycles. The molecule has 2 aromatic carbocycles. The summed E-state index contributed by atoms with van der Waals surface area (Å²) in [7, 11) is 0. The van der Waals surface area contributed by atoms with Crippen LogP contribution in [0.4, 0.5) is 0 Å². The molecule has 2 amide bonds. The van der Waals surface area contributed by atoms with Crippen LogP contribution in [0.1, 0.15) is 30.4 Å². The molecule has 0 saturated carbocycles. The van der Waals surface area contributed by atoms with Gasteiger partial charge in [0.25, 0.3) is 0 Å². The van der Waals surface area contributed by atoms with Crippen LogP contribution in [0.2, 0.25) is 0 Å². The van der Waals surface area contributed by atoms with Gasteiger partial charge < -0.3 is 22.1 Å². The summed E-state index contributed by atoms with van der Waals surface area (Å²) in [5.74, 6) is -0.530. The Balaban J connectivity index is 1.92. The van der Waals surface area contributed by atoms with E-state index in [1.165, 1.54) is 0 Å². The molecule has 6 N–H and O–H groups in total. The summed E-state index contributed by atoms with van der Waals surface area (Å²) >= 11 is 0. The molecule has 0 unspecified atom stereocenters. The molecule has 2 aromatic rings. The van der Waals surface area contributed by atoms with Crippen LogP contribution in [0.25, 0.3) is 0 Å². The van der Waals surface area contributed by atoms with Gasteiger partial charge in [-0.05, 0) is 43.4 Å². The summed E-state index contributed by atoms with van der Waals surface area (Å²) in [6.45, 7) is 0.971. The fourth-order valence-electron chi connectivity index (χ4n) is 2.91. The normalized spacial score (nSPS) is 12.8. The lowest BCUT2D eigenvalue weighted by atomic mass is 10.0. The van der Waals surface area contributed by atoms with E-state index in [0.29, 0.717) is 25.9 Å². The molecule has 0 fully saturated rings. The summed E-state index contributed by atoms with van der Waals surface area (Å²) in [5.41, 5.74) is 13.6. The number of unbranched alkanes of at least 4 members (excludes halogenated alkanes) is 1.